The Labute approximate surface area is 60.9 Å². The van der Waals surface area contributed by atoms with E-state index in [0.29, 0.717) is 6.54 Å². The summed E-state index contributed by atoms with van der Waals surface area (Å²) in [5.41, 5.74) is 0. The highest BCUT2D eigenvalue weighted by Gasteiger charge is 2.11. The standard InChI is InChI=1S/C6H15NO3/c1-2-3-4-7(10,5-8)6-9/h8-9H,2-6H2,1H3. The molecule has 0 aliphatic heterocycles. The van der Waals surface area contributed by atoms with E-state index in [1.165, 1.54) is 0 Å². The largest absolute Gasteiger partial charge is 0.629 e. The second kappa shape index (κ2) is 4.62. The molecular formula is C6H15NO3. The van der Waals surface area contributed by atoms with Crippen LogP contribution in [0.15, 0.2) is 0 Å². The molecule has 0 bridgehead atoms. The van der Waals surface area contributed by atoms with E-state index in [2.05, 4.69) is 0 Å². The highest BCUT2D eigenvalue weighted by Crippen LogP contribution is 2.03. The Balaban J connectivity index is 3.58. The summed E-state index contributed by atoms with van der Waals surface area (Å²) in [6.07, 6.45) is 1.65. The van der Waals surface area contributed by atoms with E-state index >= 15 is 0 Å². The maximum Gasteiger partial charge on any atom is 0.181 e. The maximum atomic E-state index is 11.0. The Bertz CT molecular complexity index is 83.1. The minimum atomic E-state index is -0.895. The lowest BCUT2D eigenvalue weighted by molar-refractivity contribution is -0.917. The summed E-state index contributed by atoms with van der Waals surface area (Å²) in [6, 6.07) is 0. The van der Waals surface area contributed by atoms with Crippen molar-refractivity contribution in [3.05, 3.63) is 5.21 Å². The number of hydroxylamine groups is 3. The monoisotopic (exact) mass is 149 g/mol. The molecule has 0 atom stereocenters. The number of rotatable bonds is 5. The summed E-state index contributed by atoms with van der Waals surface area (Å²) in [4.78, 5) is 0. The Morgan fingerprint density at radius 1 is 1.30 bits per heavy atom. The molecule has 0 rings (SSSR count). The van der Waals surface area contributed by atoms with E-state index in [0.717, 1.165) is 12.8 Å². The fraction of sp³-hybridized carbons (Fsp3) is 1.00. The number of hydrogen-bond donors (Lipinski definition) is 2. The van der Waals surface area contributed by atoms with E-state index in [-0.39, 0.29) is 0 Å². The van der Waals surface area contributed by atoms with Crippen LogP contribution in [0.3, 0.4) is 0 Å². The first-order valence-corrected chi connectivity index (χ1v) is 3.47. The summed E-state index contributed by atoms with van der Waals surface area (Å²) in [5, 5.41) is 28.1. The van der Waals surface area contributed by atoms with Gasteiger partial charge in [-0.05, 0) is 6.42 Å². The molecule has 0 spiro atoms. The van der Waals surface area contributed by atoms with Gasteiger partial charge in [-0.1, -0.05) is 13.3 Å². The van der Waals surface area contributed by atoms with Gasteiger partial charge in [-0.2, -0.15) is 0 Å². The van der Waals surface area contributed by atoms with E-state index in [4.69, 9.17) is 10.2 Å². The molecule has 0 saturated heterocycles. The first-order valence-electron chi connectivity index (χ1n) is 3.47. The molecule has 0 aromatic rings. The minimum Gasteiger partial charge on any atom is -0.629 e. The first kappa shape index (κ1) is 9.84. The molecule has 0 aromatic heterocycles. The van der Waals surface area contributed by atoms with E-state index < -0.39 is 18.1 Å². The zero-order chi connectivity index (χ0) is 8.04. The van der Waals surface area contributed by atoms with Gasteiger partial charge in [-0.3, -0.25) is 0 Å². The topological polar surface area (TPSA) is 63.5 Å². The highest BCUT2D eigenvalue weighted by atomic mass is 16.6. The van der Waals surface area contributed by atoms with Crippen LogP contribution in [0.25, 0.3) is 0 Å². The van der Waals surface area contributed by atoms with Crippen molar-refractivity contribution < 1.29 is 14.9 Å². The smallest absolute Gasteiger partial charge is 0.181 e. The van der Waals surface area contributed by atoms with Gasteiger partial charge in [0.15, 0.2) is 13.5 Å². The summed E-state index contributed by atoms with van der Waals surface area (Å²) >= 11 is 0. The summed E-state index contributed by atoms with van der Waals surface area (Å²) in [5.74, 6) is 0. The molecule has 62 valence electrons. The second-order valence-corrected chi connectivity index (χ2v) is 2.42. The van der Waals surface area contributed by atoms with Gasteiger partial charge in [0.05, 0.1) is 6.54 Å². The fourth-order valence-electron chi connectivity index (χ4n) is 0.632. The molecule has 0 radical (unpaired) electrons. The van der Waals surface area contributed by atoms with E-state index in [1.807, 2.05) is 6.92 Å². The van der Waals surface area contributed by atoms with Gasteiger partial charge >= 0.3 is 0 Å². The van der Waals surface area contributed by atoms with Crippen molar-refractivity contribution in [2.45, 2.75) is 19.8 Å². The van der Waals surface area contributed by atoms with Crippen LogP contribution >= 0.6 is 0 Å². The molecule has 0 aliphatic rings. The van der Waals surface area contributed by atoms with E-state index in [9.17, 15) is 5.21 Å². The number of aliphatic hydroxyl groups is 2. The number of hydrogen-bond acceptors (Lipinski definition) is 3. The molecule has 0 amide bonds. The van der Waals surface area contributed by atoms with Crippen molar-refractivity contribution in [1.29, 1.82) is 0 Å². The zero-order valence-electron chi connectivity index (χ0n) is 6.29. The lowest BCUT2D eigenvalue weighted by atomic mass is 10.3. The number of quaternary nitrogens is 1. The average Bonchev–Trinajstić information content (AvgIpc) is 2.00. The first-order chi connectivity index (χ1) is 4.68. The molecule has 4 heteroatoms. The Morgan fingerprint density at radius 3 is 2.10 bits per heavy atom. The van der Waals surface area contributed by atoms with Crippen molar-refractivity contribution in [2.75, 3.05) is 20.0 Å². The molecule has 2 N–H and O–H groups in total. The molecule has 0 aliphatic carbocycles. The Kier molecular flexibility index (Phi) is 4.55. The number of nitrogens with zero attached hydrogens (tertiary/aromatic N) is 1. The fourth-order valence-corrected chi connectivity index (χ4v) is 0.632. The molecule has 0 aromatic carbocycles. The van der Waals surface area contributed by atoms with Crippen molar-refractivity contribution in [3.8, 4) is 0 Å². The Morgan fingerprint density at radius 2 is 1.80 bits per heavy atom. The molecule has 0 unspecified atom stereocenters. The summed E-state index contributed by atoms with van der Waals surface area (Å²) in [6.45, 7) is 1.19. The predicted molar refractivity (Wildman–Crippen MR) is 37.6 cm³/mol. The van der Waals surface area contributed by atoms with Crippen LogP contribution < -0.4 is 0 Å². The van der Waals surface area contributed by atoms with Crippen LogP contribution in [-0.4, -0.2) is 34.9 Å². The molecule has 4 nitrogen and oxygen atoms in total. The quantitative estimate of drug-likeness (QED) is 0.328. The molecule has 0 saturated carbocycles. The van der Waals surface area contributed by atoms with Crippen LogP contribution in [0.5, 0.6) is 0 Å². The van der Waals surface area contributed by atoms with Gasteiger partial charge in [0, 0.05) is 0 Å². The summed E-state index contributed by atoms with van der Waals surface area (Å²) < 4.78 is -0.895. The second-order valence-electron chi connectivity index (χ2n) is 2.42. The normalized spacial score (nSPS) is 12.0. The van der Waals surface area contributed by atoms with Gasteiger partial charge in [0.1, 0.15) is 0 Å². The van der Waals surface area contributed by atoms with Crippen LogP contribution in [0.2, 0.25) is 0 Å². The van der Waals surface area contributed by atoms with Crippen LogP contribution in [-0.2, 0) is 0 Å². The lowest BCUT2D eigenvalue weighted by Crippen LogP contribution is -2.44. The van der Waals surface area contributed by atoms with Gasteiger partial charge in [0.2, 0.25) is 0 Å². The average molecular weight is 149 g/mol. The number of unbranched alkanes of at least 4 members (excludes halogenated alkanes) is 1. The van der Waals surface area contributed by atoms with Gasteiger partial charge in [-0.25, -0.2) is 0 Å². The zero-order valence-corrected chi connectivity index (χ0v) is 6.29. The molecule has 0 fully saturated rings. The summed E-state index contributed by atoms with van der Waals surface area (Å²) in [7, 11) is 0. The Hall–Kier alpha value is -0.160. The van der Waals surface area contributed by atoms with Crippen LogP contribution in [0.4, 0.5) is 0 Å². The van der Waals surface area contributed by atoms with Gasteiger partial charge in [0.25, 0.3) is 0 Å². The minimum absolute atomic E-state index is 0.295. The van der Waals surface area contributed by atoms with Crippen molar-refractivity contribution >= 4 is 0 Å². The van der Waals surface area contributed by atoms with Gasteiger partial charge < -0.3 is 20.1 Å². The van der Waals surface area contributed by atoms with Crippen molar-refractivity contribution in [3.63, 3.8) is 0 Å². The van der Waals surface area contributed by atoms with Gasteiger partial charge in [-0.15, -0.1) is 0 Å². The molecule has 0 heterocycles. The molecular weight excluding hydrogens is 134 g/mol. The van der Waals surface area contributed by atoms with Crippen LogP contribution in [0, 0.1) is 5.21 Å². The number of aliphatic hydroxyl groups excluding tert-OH is 2. The third-order valence-corrected chi connectivity index (χ3v) is 1.43. The third-order valence-electron chi connectivity index (χ3n) is 1.43. The van der Waals surface area contributed by atoms with Crippen molar-refractivity contribution in [2.24, 2.45) is 0 Å². The predicted octanol–water partition coefficient (Wildman–Crippen LogP) is 0.000700. The maximum absolute atomic E-state index is 11.0. The van der Waals surface area contributed by atoms with Crippen LogP contribution in [0.1, 0.15) is 19.8 Å². The highest BCUT2D eigenvalue weighted by molar-refractivity contribution is 4.35. The lowest BCUT2D eigenvalue weighted by Gasteiger charge is -2.38. The van der Waals surface area contributed by atoms with E-state index in [1.54, 1.807) is 0 Å². The molecule has 10 heavy (non-hydrogen) atoms. The SMILES string of the molecule is CCCC[N+]([O-])(CO)CO. The van der Waals surface area contributed by atoms with Crippen molar-refractivity contribution in [1.82, 2.24) is 0 Å². The third kappa shape index (κ3) is 3.12.